The van der Waals surface area contributed by atoms with Crippen molar-refractivity contribution in [2.75, 3.05) is 72.0 Å². The predicted octanol–water partition coefficient (Wildman–Crippen LogP) is 8.75. The van der Waals surface area contributed by atoms with Gasteiger partial charge in [0.25, 0.3) is 0 Å². The lowest BCUT2D eigenvalue weighted by atomic mass is 10.1. The number of piperazine rings is 1. The van der Waals surface area contributed by atoms with E-state index in [4.69, 9.17) is 0 Å². The molecule has 0 unspecified atom stereocenters. The van der Waals surface area contributed by atoms with Crippen molar-refractivity contribution < 1.29 is 0 Å². The van der Waals surface area contributed by atoms with Crippen molar-refractivity contribution in [1.82, 2.24) is 20.0 Å². The molecule has 0 aromatic rings. The van der Waals surface area contributed by atoms with Crippen LogP contribution >= 0.6 is 0 Å². The minimum Gasteiger partial charge on any atom is -0.314 e. The lowest BCUT2D eigenvalue weighted by molar-refractivity contribution is 0.163. The molecular formula is C35H74N4. The summed E-state index contributed by atoms with van der Waals surface area (Å²) in [6.45, 7) is 20.8. The Morgan fingerprint density at radius 1 is 0.410 bits per heavy atom. The molecular weight excluding hydrogens is 476 g/mol. The zero-order valence-electron chi connectivity index (χ0n) is 27.5. The molecule has 0 aliphatic carbocycles. The first-order chi connectivity index (χ1) is 19.3. The van der Waals surface area contributed by atoms with Crippen molar-refractivity contribution in [3.63, 3.8) is 0 Å². The number of hydrogen-bond acceptors (Lipinski definition) is 4. The maximum absolute atomic E-state index is 3.52. The molecule has 0 spiro atoms. The number of nitrogens with zero attached hydrogens (tertiary/aromatic N) is 3. The van der Waals surface area contributed by atoms with E-state index >= 15 is 0 Å². The van der Waals surface area contributed by atoms with Crippen molar-refractivity contribution >= 4 is 0 Å². The van der Waals surface area contributed by atoms with E-state index in [1.807, 2.05) is 0 Å². The van der Waals surface area contributed by atoms with Gasteiger partial charge in [-0.05, 0) is 38.9 Å². The lowest BCUT2D eigenvalue weighted by Gasteiger charge is -2.32. The molecule has 0 aromatic carbocycles. The smallest absolute Gasteiger partial charge is 0.0110 e. The normalized spacial score (nSPS) is 14.7. The van der Waals surface area contributed by atoms with Crippen molar-refractivity contribution in [2.45, 2.75) is 156 Å². The lowest BCUT2D eigenvalue weighted by Crippen LogP contribution is -2.47. The van der Waals surface area contributed by atoms with Crippen molar-refractivity contribution in [2.24, 2.45) is 0 Å². The average molecular weight is 551 g/mol. The maximum Gasteiger partial charge on any atom is 0.0110 e. The molecule has 1 rings (SSSR count). The van der Waals surface area contributed by atoms with Gasteiger partial charge in [-0.1, -0.05) is 136 Å². The fraction of sp³-hybridized carbons (Fsp3) is 1.00. The topological polar surface area (TPSA) is 21.8 Å². The van der Waals surface area contributed by atoms with Crippen LogP contribution < -0.4 is 5.32 Å². The van der Waals surface area contributed by atoms with Gasteiger partial charge in [-0.25, -0.2) is 0 Å². The van der Waals surface area contributed by atoms with E-state index in [1.54, 1.807) is 0 Å². The Labute approximate surface area is 247 Å². The first-order valence-electron chi connectivity index (χ1n) is 18.2. The zero-order valence-corrected chi connectivity index (χ0v) is 27.5. The van der Waals surface area contributed by atoms with E-state index in [2.05, 4.69) is 40.8 Å². The monoisotopic (exact) mass is 551 g/mol. The highest BCUT2D eigenvalue weighted by molar-refractivity contribution is 4.71. The fourth-order valence-electron chi connectivity index (χ4n) is 6.05. The van der Waals surface area contributed by atoms with Crippen LogP contribution in [0.5, 0.6) is 0 Å². The number of nitrogens with one attached hydrogen (secondary N) is 1. The molecule has 1 saturated heterocycles. The minimum atomic E-state index is 1.17. The van der Waals surface area contributed by atoms with Crippen LogP contribution in [0.25, 0.3) is 0 Å². The summed E-state index contributed by atoms with van der Waals surface area (Å²) in [7, 11) is 0. The molecule has 1 aliphatic rings. The molecule has 234 valence electrons. The first-order valence-corrected chi connectivity index (χ1v) is 18.2. The summed E-state index contributed by atoms with van der Waals surface area (Å²) in [5, 5.41) is 3.52. The van der Waals surface area contributed by atoms with Crippen LogP contribution in [0.4, 0.5) is 0 Å². The molecule has 1 heterocycles. The Morgan fingerprint density at radius 2 is 0.744 bits per heavy atom. The van der Waals surface area contributed by atoms with E-state index in [9.17, 15) is 0 Å². The van der Waals surface area contributed by atoms with Crippen molar-refractivity contribution in [3.05, 3.63) is 0 Å². The van der Waals surface area contributed by atoms with Crippen molar-refractivity contribution in [1.29, 1.82) is 0 Å². The molecule has 0 saturated carbocycles. The van der Waals surface area contributed by atoms with Gasteiger partial charge >= 0.3 is 0 Å². The zero-order chi connectivity index (χ0) is 28.1. The van der Waals surface area contributed by atoms with Crippen LogP contribution in [-0.4, -0.2) is 86.7 Å². The van der Waals surface area contributed by atoms with Gasteiger partial charge in [-0.3, -0.25) is 4.90 Å². The quantitative estimate of drug-likeness (QED) is 0.0902. The van der Waals surface area contributed by atoms with E-state index in [1.165, 1.54) is 207 Å². The molecule has 0 radical (unpaired) electrons. The molecule has 1 N–H and O–H groups in total. The van der Waals surface area contributed by atoms with Crippen LogP contribution in [0.2, 0.25) is 0 Å². The molecule has 0 amide bonds. The number of unbranched alkanes of at least 4 members (excludes halogenated alkanes) is 18. The second kappa shape index (κ2) is 29.3. The summed E-state index contributed by atoms with van der Waals surface area (Å²) in [4.78, 5) is 8.36. The van der Waals surface area contributed by atoms with Gasteiger partial charge in [0.15, 0.2) is 0 Å². The fourth-order valence-corrected chi connectivity index (χ4v) is 6.05. The van der Waals surface area contributed by atoms with Gasteiger partial charge in [-0.2, -0.15) is 0 Å². The summed E-state index contributed by atoms with van der Waals surface area (Å²) in [5.74, 6) is 0. The highest BCUT2D eigenvalue weighted by Gasteiger charge is 2.13. The van der Waals surface area contributed by atoms with Gasteiger partial charge in [0, 0.05) is 52.4 Å². The van der Waals surface area contributed by atoms with E-state index < -0.39 is 0 Å². The summed E-state index contributed by atoms with van der Waals surface area (Å²) in [5.41, 5.74) is 0. The molecule has 39 heavy (non-hydrogen) atoms. The summed E-state index contributed by atoms with van der Waals surface area (Å²) >= 11 is 0. The molecule has 1 fully saturated rings. The third-order valence-corrected chi connectivity index (χ3v) is 8.91. The maximum atomic E-state index is 3.52. The Balaban J connectivity index is 2.45. The van der Waals surface area contributed by atoms with E-state index in [-0.39, 0.29) is 0 Å². The van der Waals surface area contributed by atoms with Crippen LogP contribution in [0, 0.1) is 0 Å². The Bertz CT molecular complexity index is 448. The van der Waals surface area contributed by atoms with E-state index in [0.717, 1.165) is 0 Å². The molecule has 4 heteroatoms. The Morgan fingerprint density at radius 3 is 1.13 bits per heavy atom. The molecule has 0 aromatic heterocycles. The van der Waals surface area contributed by atoms with Crippen LogP contribution in [0.15, 0.2) is 0 Å². The summed E-state index contributed by atoms with van der Waals surface area (Å²) in [6.07, 6.45) is 29.8. The SMILES string of the molecule is CCCCCCCCCN(CCCCCCCCC)CCN(CCCCCCCCC)CCN1CCNCC1. The average Bonchev–Trinajstić information content (AvgIpc) is 2.96. The first kappa shape index (κ1) is 36.9. The third kappa shape index (κ3) is 24.2. The van der Waals surface area contributed by atoms with Crippen LogP contribution in [0.1, 0.15) is 156 Å². The van der Waals surface area contributed by atoms with Gasteiger partial charge in [0.05, 0.1) is 0 Å². The summed E-state index contributed by atoms with van der Waals surface area (Å²) in [6, 6.07) is 0. The molecule has 0 bridgehead atoms. The Hall–Kier alpha value is -0.160. The largest absolute Gasteiger partial charge is 0.314 e. The van der Waals surface area contributed by atoms with Gasteiger partial charge < -0.3 is 15.1 Å². The van der Waals surface area contributed by atoms with Crippen molar-refractivity contribution in [3.8, 4) is 0 Å². The minimum absolute atomic E-state index is 1.17. The Kier molecular flexibility index (Phi) is 27.7. The molecule has 0 atom stereocenters. The van der Waals surface area contributed by atoms with Gasteiger partial charge in [-0.15, -0.1) is 0 Å². The van der Waals surface area contributed by atoms with E-state index in [0.29, 0.717) is 0 Å². The van der Waals surface area contributed by atoms with Crippen LogP contribution in [-0.2, 0) is 0 Å². The standard InChI is InChI=1S/C35H74N4/c1-4-7-10-13-16-19-22-27-37(28-23-20-17-14-11-8-5-2)32-33-38(29-24-21-18-15-12-9-6-3)34-35-39-30-25-36-26-31-39/h36H,4-35H2,1-3H3. The molecule has 4 nitrogen and oxygen atoms in total. The number of rotatable bonds is 30. The van der Waals surface area contributed by atoms with Gasteiger partial charge in [0.2, 0.25) is 0 Å². The second-order valence-electron chi connectivity index (χ2n) is 12.6. The predicted molar refractivity (Wildman–Crippen MR) is 176 cm³/mol. The van der Waals surface area contributed by atoms with Gasteiger partial charge in [0.1, 0.15) is 0 Å². The highest BCUT2D eigenvalue weighted by Crippen LogP contribution is 2.12. The number of hydrogen-bond donors (Lipinski definition) is 1. The third-order valence-electron chi connectivity index (χ3n) is 8.91. The summed E-state index contributed by atoms with van der Waals surface area (Å²) < 4.78 is 0. The highest BCUT2D eigenvalue weighted by atomic mass is 15.2. The van der Waals surface area contributed by atoms with Crippen LogP contribution in [0.3, 0.4) is 0 Å². The second-order valence-corrected chi connectivity index (χ2v) is 12.6. The molecule has 1 aliphatic heterocycles.